The van der Waals surface area contributed by atoms with Crippen molar-refractivity contribution < 1.29 is 14.3 Å². The van der Waals surface area contributed by atoms with Crippen LogP contribution in [0.5, 0.6) is 0 Å². The number of nitrogens with zero attached hydrogens (tertiary/aromatic N) is 4. The molecular weight excluding hydrogens is 456 g/mol. The van der Waals surface area contributed by atoms with Crippen molar-refractivity contribution in [2.45, 2.75) is 6.92 Å². The van der Waals surface area contributed by atoms with Crippen LogP contribution >= 0.6 is 0 Å². The van der Waals surface area contributed by atoms with E-state index in [2.05, 4.69) is 20.6 Å². The highest BCUT2D eigenvalue weighted by Gasteiger charge is 2.20. The molecule has 2 aromatic carbocycles. The molecule has 1 aliphatic rings. The largest absolute Gasteiger partial charge is 0.370 e. The number of amides is 3. The van der Waals surface area contributed by atoms with E-state index in [4.69, 9.17) is 9.72 Å². The fraction of sp³-hybridized carbons (Fsp3) is 0.148. The summed E-state index contributed by atoms with van der Waals surface area (Å²) in [6.45, 7) is 3.08. The minimum Gasteiger partial charge on any atom is -0.370 e. The molecule has 1 fully saturated rings. The lowest BCUT2D eigenvalue weighted by atomic mass is 10.1. The van der Waals surface area contributed by atoms with Gasteiger partial charge in [0.05, 0.1) is 12.3 Å². The van der Waals surface area contributed by atoms with Crippen molar-refractivity contribution in [3.8, 4) is 22.6 Å². The van der Waals surface area contributed by atoms with Gasteiger partial charge in [-0.05, 0) is 73.2 Å². The Morgan fingerprint density at radius 1 is 0.917 bits per heavy atom. The van der Waals surface area contributed by atoms with Gasteiger partial charge in [0.15, 0.2) is 5.82 Å². The van der Waals surface area contributed by atoms with Gasteiger partial charge in [0, 0.05) is 53.3 Å². The lowest BCUT2D eigenvalue weighted by molar-refractivity contribution is -0.125. The van der Waals surface area contributed by atoms with Crippen molar-refractivity contribution in [2.75, 3.05) is 35.3 Å². The molecule has 0 radical (unpaired) electrons. The molecule has 2 N–H and O–H groups in total. The second-order valence-corrected chi connectivity index (χ2v) is 8.26. The predicted octanol–water partition coefficient (Wildman–Crippen LogP) is 4.52. The molecule has 180 valence electrons. The van der Waals surface area contributed by atoms with Gasteiger partial charge in [-0.15, -0.1) is 0 Å². The fourth-order valence-electron chi connectivity index (χ4n) is 3.89. The van der Waals surface area contributed by atoms with E-state index in [9.17, 15) is 9.59 Å². The minimum atomic E-state index is -0.371. The first-order valence-electron chi connectivity index (χ1n) is 11.5. The van der Waals surface area contributed by atoms with Gasteiger partial charge in [-0.2, -0.15) is 0 Å². The lowest BCUT2D eigenvalue weighted by Gasteiger charge is -2.26. The van der Waals surface area contributed by atoms with E-state index in [1.54, 1.807) is 59.9 Å². The van der Waals surface area contributed by atoms with Gasteiger partial charge >= 0.3 is 6.03 Å². The summed E-state index contributed by atoms with van der Waals surface area (Å²) in [4.78, 5) is 39.4. The van der Waals surface area contributed by atoms with E-state index in [-0.39, 0.29) is 18.5 Å². The molecule has 3 amide bonds. The number of nitrogens with one attached hydrogen (secondary N) is 2. The van der Waals surface area contributed by atoms with Crippen LogP contribution in [0.2, 0.25) is 0 Å². The third-order valence-electron chi connectivity index (χ3n) is 5.75. The summed E-state index contributed by atoms with van der Waals surface area (Å²) < 4.78 is 5.16. The zero-order valence-corrected chi connectivity index (χ0v) is 19.6. The number of hydrogen-bond donors (Lipinski definition) is 2. The van der Waals surface area contributed by atoms with Gasteiger partial charge < -0.3 is 20.3 Å². The van der Waals surface area contributed by atoms with E-state index in [1.165, 1.54) is 0 Å². The monoisotopic (exact) mass is 480 g/mol. The van der Waals surface area contributed by atoms with Crippen LogP contribution in [-0.2, 0) is 9.53 Å². The van der Waals surface area contributed by atoms with Crippen LogP contribution in [0.15, 0.2) is 79.3 Å². The van der Waals surface area contributed by atoms with Gasteiger partial charge in [0.25, 0.3) is 5.91 Å². The number of morpholine rings is 1. The average Bonchev–Trinajstić information content (AvgIpc) is 2.91. The molecule has 0 saturated carbocycles. The van der Waals surface area contributed by atoms with Gasteiger partial charge in [-0.1, -0.05) is 0 Å². The van der Waals surface area contributed by atoms with Crippen molar-refractivity contribution >= 4 is 29.0 Å². The Kier molecular flexibility index (Phi) is 6.63. The average molecular weight is 481 g/mol. The third-order valence-corrected chi connectivity index (χ3v) is 5.75. The maximum absolute atomic E-state index is 12.5. The summed E-state index contributed by atoms with van der Waals surface area (Å²) in [5.74, 6) is 0.523. The van der Waals surface area contributed by atoms with Crippen LogP contribution in [0.25, 0.3) is 22.6 Å². The topological polar surface area (TPSA) is 109 Å². The summed E-state index contributed by atoms with van der Waals surface area (Å²) in [7, 11) is 0. The van der Waals surface area contributed by atoms with Gasteiger partial charge in [-0.3, -0.25) is 9.78 Å². The third kappa shape index (κ3) is 5.21. The zero-order valence-electron chi connectivity index (χ0n) is 19.6. The molecule has 3 heterocycles. The number of aromatic nitrogens is 3. The summed E-state index contributed by atoms with van der Waals surface area (Å²) in [6.07, 6.45) is 5.28. The van der Waals surface area contributed by atoms with E-state index < -0.39 is 0 Å². The number of hydrogen-bond acceptors (Lipinski definition) is 6. The molecule has 1 aliphatic heterocycles. The minimum absolute atomic E-state index is 0.0761. The second-order valence-electron chi connectivity index (χ2n) is 8.26. The Hall–Kier alpha value is -4.63. The lowest BCUT2D eigenvalue weighted by Crippen LogP contribution is -2.41. The number of rotatable bonds is 5. The number of pyridine rings is 1. The van der Waals surface area contributed by atoms with Crippen LogP contribution in [-0.4, -0.2) is 46.6 Å². The van der Waals surface area contributed by atoms with Crippen LogP contribution in [0, 0.1) is 6.92 Å². The smallest absolute Gasteiger partial charge is 0.323 e. The Morgan fingerprint density at radius 3 is 2.25 bits per heavy atom. The number of benzene rings is 2. The van der Waals surface area contributed by atoms with Crippen molar-refractivity contribution in [1.82, 2.24) is 15.0 Å². The van der Waals surface area contributed by atoms with E-state index in [0.29, 0.717) is 30.4 Å². The molecule has 0 spiro atoms. The van der Waals surface area contributed by atoms with Crippen LogP contribution < -0.4 is 15.5 Å². The highest BCUT2D eigenvalue weighted by molar-refractivity contribution is 6.00. The molecule has 9 nitrogen and oxygen atoms in total. The number of urea groups is 1. The zero-order chi connectivity index (χ0) is 24.9. The Morgan fingerprint density at radius 2 is 1.58 bits per heavy atom. The molecule has 5 rings (SSSR count). The number of carbonyl (C=O) groups excluding carboxylic acids is 2. The molecule has 0 aliphatic carbocycles. The Labute approximate surface area is 208 Å². The van der Waals surface area contributed by atoms with Gasteiger partial charge in [-0.25, -0.2) is 14.8 Å². The SMILES string of the molecule is Cc1cnc(-c2ccc(NC(=O)Nc3ccc(N4CCOCC4=O)cc3)cc2)nc1-c1ccncc1. The first kappa shape index (κ1) is 23.1. The van der Waals surface area contributed by atoms with Crippen molar-refractivity contribution in [3.05, 3.63) is 84.8 Å². The molecule has 1 saturated heterocycles. The molecule has 0 bridgehead atoms. The molecule has 0 unspecified atom stereocenters. The molecule has 2 aromatic heterocycles. The number of ether oxygens (including phenoxy) is 1. The van der Waals surface area contributed by atoms with Gasteiger partial charge in [0.2, 0.25) is 0 Å². The van der Waals surface area contributed by atoms with Crippen molar-refractivity contribution in [3.63, 3.8) is 0 Å². The summed E-state index contributed by atoms with van der Waals surface area (Å²) >= 11 is 0. The van der Waals surface area contributed by atoms with Crippen molar-refractivity contribution in [2.24, 2.45) is 0 Å². The van der Waals surface area contributed by atoms with E-state index >= 15 is 0 Å². The van der Waals surface area contributed by atoms with Crippen LogP contribution in [0.4, 0.5) is 21.9 Å². The summed E-state index contributed by atoms with van der Waals surface area (Å²) in [6, 6.07) is 17.9. The number of anilines is 3. The molecular formula is C27H24N6O3. The van der Waals surface area contributed by atoms with E-state index in [1.807, 2.05) is 31.2 Å². The highest BCUT2D eigenvalue weighted by Crippen LogP contribution is 2.25. The highest BCUT2D eigenvalue weighted by atomic mass is 16.5. The van der Waals surface area contributed by atoms with Gasteiger partial charge in [0.1, 0.15) is 6.61 Å². The predicted molar refractivity (Wildman–Crippen MR) is 138 cm³/mol. The van der Waals surface area contributed by atoms with Crippen LogP contribution in [0.1, 0.15) is 5.56 Å². The number of carbonyl (C=O) groups is 2. The second kappa shape index (κ2) is 10.3. The Bertz CT molecular complexity index is 1380. The number of aryl methyl sites for hydroxylation is 1. The first-order chi connectivity index (χ1) is 17.6. The molecule has 4 aromatic rings. The molecule has 9 heteroatoms. The standard InChI is InChI=1S/C27H24N6O3/c1-18-16-29-26(32-25(18)19-10-12-28-13-11-19)20-2-4-21(5-3-20)30-27(35)31-22-6-8-23(9-7-22)33-14-15-36-17-24(33)34/h2-13,16H,14-15,17H2,1H3,(H2,30,31,35). The molecule has 36 heavy (non-hydrogen) atoms. The fourth-order valence-corrected chi connectivity index (χ4v) is 3.89. The first-order valence-corrected chi connectivity index (χ1v) is 11.5. The maximum atomic E-state index is 12.5. The normalized spacial score (nSPS) is 13.4. The quantitative estimate of drug-likeness (QED) is 0.435. The summed E-state index contributed by atoms with van der Waals surface area (Å²) in [5, 5.41) is 5.62. The van der Waals surface area contributed by atoms with E-state index in [0.717, 1.165) is 28.1 Å². The van der Waals surface area contributed by atoms with Crippen LogP contribution in [0.3, 0.4) is 0 Å². The van der Waals surface area contributed by atoms with Crippen molar-refractivity contribution in [1.29, 1.82) is 0 Å². The maximum Gasteiger partial charge on any atom is 0.323 e. The summed E-state index contributed by atoms with van der Waals surface area (Å²) in [5.41, 5.74) is 5.67. The Balaban J connectivity index is 1.22. The molecule has 0 atom stereocenters.